The lowest BCUT2D eigenvalue weighted by molar-refractivity contribution is 0.502. The maximum absolute atomic E-state index is 4.45. The lowest BCUT2D eigenvalue weighted by atomic mass is 10.1. The number of nitrogens with one attached hydrogen (secondary N) is 1. The first kappa shape index (κ1) is 12.1. The highest BCUT2D eigenvalue weighted by molar-refractivity contribution is 5.09. The summed E-state index contributed by atoms with van der Waals surface area (Å²) in [6.45, 7) is 6.24. The summed E-state index contributed by atoms with van der Waals surface area (Å²) >= 11 is 0. The molecule has 0 amide bonds. The fraction of sp³-hybridized carbons (Fsp3) is 0.667. The van der Waals surface area contributed by atoms with Crippen LogP contribution in [0, 0.1) is 13.8 Å². The van der Waals surface area contributed by atoms with E-state index >= 15 is 0 Å². The van der Waals surface area contributed by atoms with Gasteiger partial charge in [-0.3, -0.25) is 0 Å². The van der Waals surface area contributed by atoms with Crippen molar-refractivity contribution >= 4 is 0 Å². The molecule has 1 atom stereocenters. The van der Waals surface area contributed by atoms with E-state index in [2.05, 4.69) is 22.2 Å². The second kappa shape index (κ2) is 5.81. The van der Waals surface area contributed by atoms with Crippen LogP contribution in [-0.2, 0) is 6.42 Å². The largest absolute Gasteiger partial charge is 0.317 e. The van der Waals surface area contributed by atoms with Crippen molar-refractivity contribution < 1.29 is 0 Å². The van der Waals surface area contributed by atoms with Crippen molar-refractivity contribution in [2.45, 2.75) is 46.1 Å². The minimum absolute atomic E-state index is 0.496. The van der Waals surface area contributed by atoms with Crippen molar-refractivity contribution in [3.63, 3.8) is 0 Å². The van der Waals surface area contributed by atoms with E-state index in [4.69, 9.17) is 0 Å². The number of likely N-dealkylation sites (N-methyl/N-ethyl adjacent to an activating group) is 1. The molecule has 1 heterocycles. The van der Waals surface area contributed by atoms with E-state index in [1.54, 1.807) is 0 Å². The maximum atomic E-state index is 4.45. The maximum Gasteiger partial charge on any atom is 0.130 e. The molecule has 0 aliphatic heterocycles. The van der Waals surface area contributed by atoms with Gasteiger partial charge >= 0.3 is 0 Å². The monoisotopic (exact) mass is 207 g/mol. The summed E-state index contributed by atoms with van der Waals surface area (Å²) in [6, 6.07) is 2.51. The molecule has 0 aliphatic rings. The van der Waals surface area contributed by atoms with Gasteiger partial charge in [0, 0.05) is 23.9 Å². The topological polar surface area (TPSA) is 37.8 Å². The van der Waals surface area contributed by atoms with Gasteiger partial charge in [0.1, 0.15) is 5.82 Å². The third-order valence-electron chi connectivity index (χ3n) is 2.50. The van der Waals surface area contributed by atoms with Gasteiger partial charge < -0.3 is 5.32 Å². The first-order valence-electron chi connectivity index (χ1n) is 5.64. The number of aryl methyl sites for hydroxylation is 2. The molecule has 1 rings (SSSR count). The minimum Gasteiger partial charge on any atom is -0.317 e. The molecule has 1 unspecified atom stereocenters. The molecule has 0 saturated carbocycles. The van der Waals surface area contributed by atoms with Gasteiger partial charge in [-0.15, -0.1) is 0 Å². The Bertz CT molecular complexity index is 289. The van der Waals surface area contributed by atoms with Gasteiger partial charge in [-0.25, -0.2) is 9.97 Å². The Balaban J connectivity index is 2.69. The van der Waals surface area contributed by atoms with Crippen LogP contribution in [0.4, 0.5) is 0 Å². The Kier molecular flexibility index (Phi) is 4.69. The second-order valence-corrected chi connectivity index (χ2v) is 4.05. The molecular formula is C12H21N3. The van der Waals surface area contributed by atoms with Crippen molar-refractivity contribution in [2.24, 2.45) is 0 Å². The summed E-state index contributed by atoms with van der Waals surface area (Å²) in [6.07, 6.45) is 3.29. The van der Waals surface area contributed by atoms with E-state index in [9.17, 15) is 0 Å². The van der Waals surface area contributed by atoms with Crippen LogP contribution in [0.2, 0.25) is 0 Å². The molecule has 1 aromatic heterocycles. The van der Waals surface area contributed by atoms with Gasteiger partial charge in [0.2, 0.25) is 0 Å². The standard InChI is InChI=1S/C12H21N3/c1-5-6-11(13-4)8-12-14-9(2)7-10(3)15-12/h7,11,13H,5-6,8H2,1-4H3. The summed E-state index contributed by atoms with van der Waals surface area (Å²) < 4.78 is 0. The Labute approximate surface area is 92.3 Å². The molecular weight excluding hydrogens is 186 g/mol. The summed E-state index contributed by atoms with van der Waals surface area (Å²) in [4.78, 5) is 8.91. The van der Waals surface area contributed by atoms with Crippen LogP contribution >= 0.6 is 0 Å². The lowest BCUT2D eigenvalue weighted by Crippen LogP contribution is -2.28. The molecule has 1 aromatic rings. The van der Waals surface area contributed by atoms with Crippen molar-refractivity contribution in [2.75, 3.05) is 7.05 Å². The highest BCUT2D eigenvalue weighted by atomic mass is 14.9. The first-order valence-corrected chi connectivity index (χ1v) is 5.64. The molecule has 0 aliphatic carbocycles. The SMILES string of the molecule is CCCC(Cc1nc(C)cc(C)n1)NC. The van der Waals surface area contributed by atoms with Gasteiger partial charge in [0.15, 0.2) is 0 Å². The van der Waals surface area contributed by atoms with E-state index in [-0.39, 0.29) is 0 Å². The normalized spacial score (nSPS) is 12.8. The summed E-state index contributed by atoms with van der Waals surface area (Å²) in [5.41, 5.74) is 2.12. The number of hydrogen-bond donors (Lipinski definition) is 1. The Hall–Kier alpha value is -0.960. The number of aromatic nitrogens is 2. The average molecular weight is 207 g/mol. The third-order valence-corrected chi connectivity index (χ3v) is 2.50. The molecule has 0 bridgehead atoms. The molecule has 84 valence electrons. The van der Waals surface area contributed by atoms with Crippen LogP contribution in [0.3, 0.4) is 0 Å². The molecule has 0 spiro atoms. The van der Waals surface area contributed by atoms with Crippen LogP contribution < -0.4 is 5.32 Å². The van der Waals surface area contributed by atoms with Crippen LogP contribution in [0.1, 0.15) is 37.0 Å². The minimum atomic E-state index is 0.496. The van der Waals surface area contributed by atoms with E-state index in [1.807, 2.05) is 27.0 Å². The molecule has 3 nitrogen and oxygen atoms in total. The predicted molar refractivity (Wildman–Crippen MR) is 63.0 cm³/mol. The summed E-state index contributed by atoms with van der Waals surface area (Å²) in [5, 5.41) is 3.31. The smallest absolute Gasteiger partial charge is 0.130 e. The molecule has 1 N–H and O–H groups in total. The zero-order valence-electron chi connectivity index (χ0n) is 10.2. The zero-order valence-corrected chi connectivity index (χ0v) is 10.2. The van der Waals surface area contributed by atoms with Gasteiger partial charge in [0.25, 0.3) is 0 Å². The number of nitrogens with zero attached hydrogens (tertiary/aromatic N) is 2. The van der Waals surface area contributed by atoms with Gasteiger partial charge in [-0.1, -0.05) is 13.3 Å². The highest BCUT2D eigenvalue weighted by Crippen LogP contribution is 2.05. The number of hydrogen-bond acceptors (Lipinski definition) is 3. The van der Waals surface area contributed by atoms with Crippen LogP contribution in [0.15, 0.2) is 6.07 Å². The fourth-order valence-corrected chi connectivity index (χ4v) is 1.81. The van der Waals surface area contributed by atoms with Gasteiger partial charge in [-0.2, -0.15) is 0 Å². The average Bonchev–Trinajstić information content (AvgIpc) is 2.15. The Morgan fingerprint density at radius 3 is 2.33 bits per heavy atom. The molecule has 0 aromatic carbocycles. The predicted octanol–water partition coefficient (Wildman–Crippen LogP) is 2.02. The first-order chi connectivity index (χ1) is 7.15. The summed E-state index contributed by atoms with van der Waals surface area (Å²) in [5.74, 6) is 0.959. The van der Waals surface area contributed by atoms with Crippen molar-refractivity contribution in [3.05, 3.63) is 23.3 Å². The number of rotatable bonds is 5. The van der Waals surface area contributed by atoms with Crippen LogP contribution in [-0.4, -0.2) is 23.1 Å². The van der Waals surface area contributed by atoms with Crippen LogP contribution in [0.25, 0.3) is 0 Å². The third kappa shape index (κ3) is 3.96. The van der Waals surface area contributed by atoms with Crippen LogP contribution in [0.5, 0.6) is 0 Å². The molecule has 15 heavy (non-hydrogen) atoms. The molecule has 0 saturated heterocycles. The summed E-state index contributed by atoms with van der Waals surface area (Å²) in [7, 11) is 2.00. The Morgan fingerprint density at radius 1 is 1.27 bits per heavy atom. The van der Waals surface area contributed by atoms with Gasteiger partial charge in [0.05, 0.1) is 0 Å². The van der Waals surface area contributed by atoms with Gasteiger partial charge in [-0.05, 0) is 33.4 Å². The van der Waals surface area contributed by atoms with Crippen molar-refractivity contribution in [1.82, 2.24) is 15.3 Å². The van der Waals surface area contributed by atoms with Crippen molar-refractivity contribution in [1.29, 1.82) is 0 Å². The van der Waals surface area contributed by atoms with E-state index in [0.29, 0.717) is 6.04 Å². The lowest BCUT2D eigenvalue weighted by Gasteiger charge is -2.14. The molecule has 3 heteroatoms. The second-order valence-electron chi connectivity index (χ2n) is 4.05. The quantitative estimate of drug-likeness (QED) is 0.802. The van der Waals surface area contributed by atoms with E-state index < -0.39 is 0 Å². The van der Waals surface area contributed by atoms with E-state index in [0.717, 1.165) is 23.6 Å². The zero-order chi connectivity index (χ0) is 11.3. The highest BCUT2D eigenvalue weighted by Gasteiger charge is 2.08. The fourth-order valence-electron chi connectivity index (χ4n) is 1.81. The van der Waals surface area contributed by atoms with Crippen molar-refractivity contribution in [3.8, 4) is 0 Å². The Morgan fingerprint density at radius 2 is 1.87 bits per heavy atom. The molecule has 0 fully saturated rings. The molecule has 0 radical (unpaired) electrons. The van der Waals surface area contributed by atoms with E-state index in [1.165, 1.54) is 12.8 Å².